The van der Waals surface area contributed by atoms with Gasteiger partial charge in [0, 0.05) is 0 Å². The van der Waals surface area contributed by atoms with E-state index in [4.69, 9.17) is 10.5 Å². The van der Waals surface area contributed by atoms with E-state index in [2.05, 4.69) is 5.32 Å². The number of amides is 1. The van der Waals surface area contributed by atoms with Crippen LogP contribution in [0, 0.1) is 5.92 Å². The number of esters is 1. The number of nitrogens with two attached hydrogens (primary N) is 1. The van der Waals surface area contributed by atoms with E-state index in [1.165, 1.54) is 0 Å². The summed E-state index contributed by atoms with van der Waals surface area (Å²) in [5.41, 5.74) is 6.16. The molecule has 20 heavy (non-hydrogen) atoms. The fourth-order valence-corrected chi connectivity index (χ4v) is 1.77. The highest BCUT2D eigenvalue weighted by Gasteiger charge is 2.22. The molecule has 1 aromatic carbocycles. The van der Waals surface area contributed by atoms with Gasteiger partial charge >= 0.3 is 5.97 Å². The number of hydrogen-bond acceptors (Lipinski definition) is 4. The maximum atomic E-state index is 12.0. The Hall–Kier alpha value is -1.88. The molecule has 0 radical (unpaired) electrons. The second-order valence-electron chi connectivity index (χ2n) is 5.05. The molecule has 1 amide bonds. The summed E-state index contributed by atoms with van der Waals surface area (Å²) in [7, 11) is 0. The van der Waals surface area contributed by atoms with E-state index in [0.29, 0.717) is 6.42 Å². The van der Waals surface area contributed by atoms with Crippen LogP contribution in [0.25, 0.3) is 0 Å². The topological polar surface area (TPSA) is 81.4 Å². The molecule has 0 aromatic heterocycles. The van der Waals surface area contributed by atoms with Crippen LogP contribution < -0.4 is 11.1 Å². The average Bonchev–Trinajstić information content (AvgIpc) is 2.44. The Morgan fingerprint density at radius 1 is 1.25 bits per heavy atom. The Morgan fingerprint density at radius 3 is 2.45 bits per heavy atom. The lowest BCUT2D eigenvalue weighted by Gasteiger charge is -2.19. The van der Waals surface area contributed by atoms with E-state index in [9.17, 15) is 9.59 Å². The fraction of sp³-hybridized carbons (Fsp3) is 0.467. The van der Waals surface area contributed by atoms with Crippen LogP contribution in [0.5, 0.6) is 0 Å². The summed E-state index contributed by atoms with van der Waals surface area (Å²) in [6.45, 7) is 4.02. The van der Waals surface area contributed by atoms with Gasteiger partial charge < -0.3 is 15.8 Å². The summed E-state index contributed by atoms with van der Waals surface area (Å²) >= 11 is 0. The SMILES string of the molecule is CC(C)C[C@@H](NC(=O)CN)C(=O)OCc1ccccc1. The van der Waals surface area contributed by atoms with Crippen molar-refractivity contribution in [3.05, 3.63) is 35.9 Å². The summed E-state index contributed by atoms with van der Waals surface area (Å²) in [5.74, 6) is -0.515. The number of carbonyl (C=O) groups is 2. The van der Waals surface area contributed by atoms with E-state index < -0.39 is 12.0 Å². The van der Waals surface area contributed by atoms with Gasteiger partial charge in [-0.2, -0.15) is 0 Å². The number of nitrogens with one attached hydrogen (secondary N) is 1. The van der Waals surface area contributed by atoms with Crippen LogP contribution in [0.4, 0.5) is 0 Å². The predicted molar refractivity (Wildman–Crippen MR) is 76.7 cm³/mol. The molecule has 0 heterocycles. The molecule has 0 spiro atoms. The van der Waals surface area contributed by atoms with Crippen LogP contribution in [-0.2, 0) is 20.9 Å². The van der Waals surface area contributed by atoms with Crippen LogP contribution in [0.1, 0.15) is 25.8 Å². The van der Waals surface area contributed by atoms with Crippen LogP contribution in [-0.4, -0.2) is 24.5 Å². The number of ether oxygens (including phenoxy) is 1. The third-order valence-corrected chi connectivity index (χ3v) is 2.74. The van der Waals surface area contributed by atoms with Crippen molar-refractivity contribution in [2.75, 3.05) is 6.54 Å². The fourth-order valence-electron chi connectivity index (χ4n) is 1.77. The van der Waals surface area contributed by atoms with Gasteiger partial charge in [-0.15, -0.1) is 0 Å². The van der Waals surface area contributed by atoms with Crippen molar-refractivity contribution in [2.45, 2.75) is 32.9 Å². The van der Waals surface area contributed by atoms with Crippen molar-refractivity contribution in [3.8, 4) is 0 Å². The number of hydrogen-bond donors (Lipinski definition) is 2. The Labute approximate surface area is 119 Å². The lowest BCUT2D eigenvalue weighted by Crippen LogP contribution is -2.45. The number of carbonyl (C=O) groups excluding carboxylic acids is 2. The summed E-state index contributed by atoms with van der Waals surface area (Å²) in [5, 5.41) is 2.60. The minimum atomic E-state index is -0.644. The second-order valence-corrected chi connectivity index (χ2v) is 5.05. The molecule has 0 saturated heterocycles. The van der Waals surface area contributed by atoms with E-state index >= 15 is 0 Å². The molecule has 3 N–H and O–H groups in total. The maximum Gasteiger partial charge on any atom is 0.328 e. The van der Waals surface area contributed by atoms with Crippen LogP contribution >= 0.6 is 0 Å². The highest BCUT2D eigenvalue weighted by atomic mass is 16.5. The number of rotatable bonds is 7. The molecule has 1 rings (SSSR count). The van der Waals surface area contributed by atoms with E-state index in [1.807, 2.05) is 44.2 Å². The Morgan fingerprint density at radius 2 is 1.90 bits per heavy atom. The van der Waals surface area contributed by atoms with Gasteiger partial charge in [-0.3, -0.25) is 4.79 Å². The molecule has 0 aliphatic rings. The Bertz CT molecular complexity index is 432. The van der Waals surface area contributed by atoms with Crippen LogP contribution in [0.3, 0.4) is 0 Å². The van der Waals surface area contributed by atoms with Crippen LogP contribution in [0.15, 0.2) is 30.3 Å². The standard InChI is InChI=1S/C15H22N2O3/c1-11(2)8-13(17-14(18)9-16)15(19)20-10-12-6-4-3-5-7-12/h3-7,11,13H,8-10,16H2,1-2H3,(H,17,18)/t13-/m1/s1. The highest BCUT2D eigenvalue weighted by Crippen LogP contribution is 2.08. The van der Waals surface area contributed by atoms with Crippen molar-refractivity contribution < 1.29 is 14.3 Å². The van der Waals surface area contributed by atoms with Crippen molar-refractivity contribution in [1.82, 2.24) is 5.32 Å². The largest absolute Gasteiger partial charge is 0.459 e. The Kier molecular flexibility index (Phi) is 6.73. The predicted octanol–water partition coefficient (Wildman–Crippen LogP) is 1.22. The molecule has 0 aliphatic carbocycles. The molecule has 0 unspecified atom stereocenters. The molecule has 5 nitrogen and oxygen atoms in total. The maximum absolute atomic E-state index is 12.0. The quantitative estimate of drug-likeness (QED) is 0.735. The zero-order valence-corrected chi connectivity index (χ0v) is 12.0. The monoisotopic (exact) mass is 278 g/mol. The van der Waals surface area contributed by atoms with Crippen molar-refractivity contribution in [3.63, 3.8) is 0 Å². The zero-order valence-electron chi connectivity index (χ0n) is 12.0. The lowest BCUT2D eigenvalue weighted by atomic mass is 10.0. The summed E-state index contributed by atoms with van der Waals surface area (Å²) in [4.78, 5) is 23.4. The second kappa shape index (κ2) is 8.32. The molecule has 5 heteroatoms. The molecular formula is C15H22N2O3. The third-order valence-electron chi connectivity index (χ3n) is 2.74. The van der Waals surface area contributed by atoms with Gasteiger partial charge in [-0.05, 0) is 17.9 Å². The van der Waals surface area contributed by atoms with Gasteiger partial charge in [-0.25, -0.2) is 4.79 Å². The molecular weight excluding hydrogens is 256 g/mol. The van der Waals surface area contributed by atoms with Gasteiger partial charge in [0.05, 0.1) is 6.54 Å². The van der Waals surface area contributed by atoms with E-state index in [0.717, 1.165) is 5.56 Å². The zero-order chi connectivity index (χ0) is 15.0. The van der Waals surface area contributed by atoms with Gasteiger partial charge in [0.25, 0.3) is 0 Å². The smallest absolute Gasteiger partial charge is 0.328 e. The molecule has 1 atom stereocenters. The first-order valence-electron chi connectivity index (χ1n) is 6.73. The minimum Gasteiger partial charge on any atom is -0.459 e. The normalized spacial score (nSPS) is 12.0. The van der Waals surface area contributed by atoms with Crippen molar-refractivity contribution in [2.24, 2.45) is 11.7 Å². The first-order valence-corrected chi connectivity index (χ1v) is 6.73. The summed E-state index contributed by atoms with van der Waals surface area (Å²) < 4.78 is 5.24. The number of benzene rings is 1. The van der Waals surface area contributed by atoms with Gasteiger partial charge in [0.15, 0.2) is 0 Å². The highest BCUT2D eigenvalue weighted by molar-refractivity contribution is 5.85. The lowest BCUT2D eigenvalue weighted by molar-refractivity contribution is -0.149. The molecule has 0 aliphatic heterocycles. The molecule has 1 aromatic rings. The third kappa shape index (κ3) is 5.84. The molecule has 0 fully saturated rings. The average molecular weight is 278 g/mol. The summed E-state index contributed by atoms with van der Waals surface area (Å²) in [6, 6.07) is 8.77. The minimum absolute atomic E-state index is 0.138. The Balaban J connectivity index is 2.56. The van der Waals surface area contributed by atoms with Crippen LogP contribution in [0.2, 0.25) is 0 Å². The van der Waals surface area contributed by atoms with Gasteiger partial charge in [-0.1, -0.05) is 44.2 Å². The summed E-state index contributed by atoms with van der Waals surface area (Å²) in [6.07, 6.45) is 0.527. The van der Waals surface area contributed by atoms with E-state index in [-0.39, 0.29) is 25.0 Å². The first-order chi connectivity index (χ1) is 9.52. The van der Waals surface area contributed by atoms with Gasteiger partial charge in [0.1, 0.15) is 12.6 Å². The molecule has 110 valence electrons. The molecule has 0 saturated carbocycles. The first kappa shape index (κ1) is 16.2. The molecule has 0 bridgehead atoms. The van der Waals surface area contributed by atoms with E-state index in [1.54, 1.807) is 0 Å². The van der Waals surface area contributed by atoms with Gasteiger partial charge in [0.2, 0.25) is 5.91 Å². The van der Waals surface area contributed by atoms with Crippen molar-refractivity contribution in [1.29, 1.82) is 0 Å². The van der Waals surface area contributed by atoms with Crippen molar-refractivity contribution >= 4 is 11.9 Å².